The number of anilines is 6. The van der Waals surface area contributed by atoms with Gasteiger partial charge in [0, 0.05) is 93.4 Å². The fourth-order valence-electron chi connectivity index (χ4n) is 17.5. The summed E-state index contributed by atoms with van der Waals surface area (Å²) in [6, 6.07) is 91.5. The van der Waals surface area contributed by atoms with Gasteiger partial charge >= 0.3 is 0 Å². The first kappa shape index (κ1) is 53.1. The van der Waals surface area contributed by atoms with Crippen LogP contribution in [0.1, 0.15) is 87.2 Å². The molecule has 2 aliphatic heterocycles. The number of nitrogens with zero attached hydrogens (tertiary/aromatic N) is 5. The first-order valence-electron chi connectivity index (χ1n) is 38.8. The second kappa shape index (κ2) is 20.9. The number of aromatic nitrogens is 3. The van der Waals surface area contributed by atoms with Gasteiger partial charge in [-0.15, -0.1) is 0 Å². The molecular formula is C96H74BN5. The molecule has 0 radical (unpaired) electrons. The maximum atomic E-state index is 10.3. The smallest absolute Gasteiger partial charge is 0.252 e. The molecule has 19 aromatic rings. The highest BCUT2D eigenvalue weighted by atomic mass is 15.2. The quantitative estimate of drug-likeness (QED) is 0.155. The van der Waals surface area contributed by atoms with Crippen molar-refractivity contribution in [3.05, 3.63) is 302 Å². The van der Waals surface area contributed by atoms with E-state index < -0.39 is 23.0 Å². The lowest BCUT2D eigenvalue weighted by Gasteiger charge is -2.46. The molecule has 0 amide bonds. The lowest BCUT2D eigenvalue weighted by molar-refractivity contribution is 0.590. The molecule has 7 heterocycles. The summed E-state index contributed by atoms with van der Waals surface area (Å²) in [5.74, 6) is 0. The SMILES string of the molecule is [2H]c1c(C(C)(C)C)c([2H])c2c3c([2H])c(C(C)(C)C)c([2H])c([2H])c3n(-c3ccc4c(c3)N(c3ccccc3-c3cc5c6ccccc6n6c7ccccc7c(c3)c56)c3cc(C(C)(C)C)cc5c3B4c3cc(-c4ccccc4)ccc3N5c3ccccc3-c3cc4c5ccccc5n5c6ccccc6c(c3)c45)c2c1[2H]. The van der Waals surface area contributed by atoms with Gasteiger partial charge in [-0.1, -0.05) is 232 Å². The molecule has 486 valence electrons. The van der Waals surface area contributed by atoms with Gasteiger partial charge in [-0.25, -0.2) is 0 Å². The second-order valence-corrected chi connectivity index (χ2v) is 31.6. The van der Waals surface area contributed by atoms with Crippen molar-refractivity contribution in [2.45, 2.75) is 78.6 Å². The Kier molecular flexibility index (Phi) is 10.9. The first-order chi connectivity index (χ1) is 52.0. The van der Waals surface area contributed by atoms with Crippen LogP contribution in [0.3, 0.4) is 0 Å². The van der Waals surface area contributed by atoms with Crippen molar-refractivity contribution in [2.24, 2.45) is 0 Å². The van der Waals surface area contributed by atoms with Crippen LogP contribution >= 0.6 is 0 Å². The third-order valence-corrected chi connectivity index (χ3v) is 22.4. The first-order valence-corrected chi connectivity index (χ1v) is 35.8. The molecule has 0 bridgehead atoms. The van der Waals surface area contributed by atoms with Crippen LogP contribution in [0.4, 0.5) is 34.1 Å². The molecule has 0 N–H and O–H groups in total. The summed E-state index contributed by atoms with van der Waals surface area (Å²) in [7, 11) is 0. The van der Waals surface area contributed by atoms with Gasteiger partial charge in [-0.2, -0.15) is 0 Å². The zero-order chi connectivity index (χ0) is 73.8. The Balaban J connectivity index is 0.896. The van der Waals surface area contributed by atoms with Crippen molar-refractivity contribution < 1.29 is 8.22 Å². The third kappa shape index (κ3) is 8.29. The van der Waals surface area contributed by atoms with E-state index in [1.54, 1.807) is 0 Å². The molecule has 0 atom stereocenters. The van der Waals surface area contributed by atoms with Crippen LogP contribution in [-0.4, -0.2) is 20.1 Å². The van der Waals surface area contributed by atoms with E-state index in [-0.39, 0.29) is 47.3 Å². The van der Waals surface area contributed by atoms with E-state index >= 15 is 0 Å². The summed E-state index contributed by atoms with van der Waals surface area (Å²) in [6.45, 7) is 18.3. The third-order valence-electron chi connectivity index (χ3n) is 22.4. The summed E-state index contributed by atoms with van der Waals surface area (Å²) in [6.07, 6.45) is 0. The molecule has 0 saturated heterocycles. The number of hydrogen-bond donors (Lipinski definition) is 0. The minimum atomic E-state index is -0.726. The molecule has 2 aliphatic rings. The average Bonchev–Trinajstić information content (AvgIpc) is 1.00. The second-order valence-electron chi connectivity index (χ2n) is 31.6. The Bertz CT molecular complexity index is 6910. The Morgan fingerprint density at radius 2 is 0.706 bits per heavy atom. The van der Waals surface area contributed by atoms with Crippen molar-refractivity contribution >= 4 is 155 Å². The van der Waals surface area contributed by atoms with Crippen molar-refractivity contribution in [1.29, 1.82) is 0 Å². The minimum absolute atomic E-state index is 0.0558. The zero-order valence-corrected chi connectivity index (χ0v) is 58.5. The number of benzene rings is 14. The van der Waals surface area contributed by atoms with Gasteiger partial charge in [0.05, 0.1) is 63.7 Å². The van der Waals surface area contributed by atoms with Crippen LogP contribution in [-0.2, 0) is 16.2 Å². The predicted octanol–water partition coefficient (Wildman–Crippen LogP) is 24.1. The van der Waals surface area contributed by atoms with Crippen molar-refractivity contribution in [3.8, 4) is 39.1 Å². The van der Waals surface area contributed by atoms with E-state index in [2.05, 4.69) is 288 Å². The van der Waals surface area contributed by atoms with Gasteiger partial charge in [0.1, 0.15) is 0 Å². The maximum Gasteiger partial charge on any atom is 0.252 e. The predicted molar refractivity (Wildman–Crippen MR) is 437 cm³/mol. The molecule has 21 rings (SSSR count). The van der Waals surface area contributed by atoms with Gasteiger partial charge in [-0.3, -0.25) is 0 Å². The lowest BCUT2D eigenvalue weighted by atomic mass is 9.33. The van der Waals surface area contributed by atoms with Crippen molar-refractivity contribution in [3.63, 3.8) is 0 Å². The van der Waals surface area contributed by atoms with Gasteiger partial charge in [-0.05, 0) is 187 Å². The highest BCUT2D eigenvalue weighted by molar-refractivity contribution is 7.00. The Morgan fingerprint density at radius 1 is 0.284 bits per heavy atom. The Morgan fingerprint density at radius 3 is 1.17 bits per heavy atom. The van der Waals surface area contributed by atoms with E-state index in [0.717, 1.165) is 100 Å². The number of para-hydroxylation sites is 6. The van der Waals surface area contributed by atoms with Crippen LogP contribution in [0.25, 0.3) is 137 Å². The standard InChI is InChI=1S/C96H74BN5/c1-94(2,3)61-40-45-85-71(52-61)72-53-62(95(4,5)6)41-46-86(72)98(85)64-42-43-77-88(56-64)100(80-34-20-14-28-66(80)60-49-75-69-31-17-23-37-83(69)102-84-38-24-18-32-70(84)76(50-60)93(75)102)90-55-63(96(7,8)9)54-89-91(90)97(77)78-51-58(57-25-11-10-12-26-57)39-44-87(78)99(89)79-33-19-13-27-65(79)59-47-73-67-29-15-21-35-81(67)101-82-36-22-16-30-68(82)74(48-59)92(73)101/h10-56H,1-9H3/i40D,41D,45D,46D,52D,53D. The number of rotatable bonds is 6. The summed E-state index contributed by atoms with van der Waals surface area (Å²) >= 11 is 0. The molecule has 14 aromatic carbocycles. The fraction of sp³-hybridized carbons (Fsp3) is 0.125. The van der Waals surface area contributed by atoms with Gasteiger partial charge in [0.2, 0.25) is 0 Å². The molecule has 6 heteroatoms. The average molecular weight is 1310 g/mol. The van der Waals surface area contributed by atoms with E-state index in [1.165, 1.54) is 65.2 Å². The normalized spacial score (nSPS) is 14.3. The summed E-state index contributed by atoms with van der Waals surface area (Å²) in [5.41, 5.74) is 23.9. The summed E-state index contributed by atoms with van der Waals surface area (Å²) < 4.78 is 67.8. The largest absolute Gasteiger partial charge is 0.311 e. The topological polar surface area (TPSA) is 20.2 Å². The maximum absolute atomic E-state index is 10.3. The molecule has 5 aromatic heterocycles. The Hall–Kier alpha value is -11.9. The van der Waals surface area contributed by atoms with E-state index in [4.69, 9.17) is 0 Å². The molecule has 5 nitrogen and oxygen atoms in total. The van der Waals surface area contributed by atoms with Crippen LogP contribution in [0, 0.1) is 0 Å². The van der Waals surface area contributed by atoms with Gasteiger partial charge < -0.3 is 23.2 Å². The lowest BCUT2D eigenvalue weighted by Crippen LogP contribution is -2.61. The van der Waals surface area contributed by atoms with Gasteiger partial charge in [0.15, 0.2) is 0 Å². The molecule has 0 fully saturated rings. The minimum Gasteiger partial charge on any atom is -0.311 e. The molecule has 0 spiro atoms. The van der Waals surface area contributed by atoms with Crippen molar-refractivity contribution in [1.82, 2.24) is 13.4 Å². The molecule has 102 heavy (non-hydrogen) atoms. The zero-order valence-electron chi connectivity index (χ0n) is 64.5. The van der Waals surface area contributed by atoms with E-state index in [1.807, 2.05) is 46.1 Å². The van der Waals surface area contributed by atoms with Crippen LogP contribution < -0.4 is 26.2 Å². The fourth-order valence-corrected chi connectivity index (χ4v) is 17.5. The monoisotopic (exact) mass is 1310 g/mol. The van der Waals surface area contributed by atoms with Crippen LogP contribution in [0.15, 0.2) is 285 Å². The summed E-state index contributed by atoms with van der Waals surface area (Å²) in [4.78, 5) is 5.05. The number of fused-ring (bicyclic) bond motifs is 19. The van der Waals surface area contributed by atoms with E-state index in [9.17, 15) is 8.22 Å². The van der Waals surface area contributed by atoms with Crippen LogP contribution in [0.2, 0.25) is 0 Å². The van der Waals surface area contributed by atoms with Crippen molar-refractivity contribution in [2.75, 3.05) is 9.80 Å². The highest BCUT2D eigenvalue weighted by Gasteiger charge is 2.46. The van der Waals surface area contributed by atoms with Gasteiger partial charge in [0.25, 0.3) is 6.71 Å². The highest BCUT2D eigenvalue weighted by Crippen LogP contribution is 2.53. The summed E-state index contributed by atoms with van der Waals surface area (Å²) in [5, 5.41) is 10.2. The molecule has 0 aliphatic carbocycles. The Labute approximate surface area is 602 Å². The molecule has 0 unspecified atom stereocenters. The molecule has 0 saturated carbocycles. The van der Waals surface area contributed by atoms with Crippen LogP contribution in [0.5, 0.6) is 0 Å². The molecular weight excluding hydrogens is 1230 g/mol. The number of hydrogen-bond acceptors (Lipinski definition) is 2. The van der Waals surface area contributed by atoms with E-state index in [0.29, 0.717) is 27.6 Å².